The molecule has 104 valence electrons. The molecule has 5 nitrogen and oxygen atoms in total. The first kappa shape index (κ1) is 15.8. The van der Waals surface area contributed by atoms with Gasteiger partial charge in [-0.3, -0.25) is 9.78 Å². The molecule has 1 aromatic heterocycles. The number of thioether (sulfide) groups is 1. The second kappa shape index (κ2) is 8.01. The topological polar surface area (TPSA) is 79.3 Å². The number of halogens is 1. The normalized spacial score (nSPS) is 11.9. The number of carboxylic acid groups (broad SMARTS) is 1. The van der Waals surface area contributed by atoms with Crippen molar-refractivity contribution in [1.29, 1.82) is 0 Å². The highest BCUT2D eigenvalue weighted by molar-refractivity contribution is 7.98. The molecule has 7 heteroatoms. The average molecular weight is 303 g/mol. The van der Waals surface area contributed by atoms with E-state index >= 15 is 0 Å². The average Bonchev–Trinajstić information content (AvgIpc) is 2.34. The zero-order chi connectivity index (χ0) is 14.3. The summed E-state index contributed by atoms with van der Waals surface area (Å²) >= 11 is 7.52. The predicted octanol–water partition coefficient (Wildman–Crippen LogP) is 1.95. The van der Waals surface area contributed by atoms with Crippen molar-refractivity contribution < 1.29 is 14.7 Å². The van der Waals surface area contributed by atoms with Crippen LogP contribution in [0.5, 0.6) is 0 Å². The summed E-state index contributed by atoms with van der Waals surface area (Å²) in [6, 6.07) is 0.996. The quantitative estimate of drug-likeness (QED) is 0.753. The first-order valence-corrected chi connectivity index (χ1v) is 7.20. The summed E-state index contributed by atoms with van der Waals surface area (Å²) in [5, 5.41) is 11.9. The molecule has 1 heterocycles. The lowest BCUT2D eigenvalue weighted by Gasteiger charge is -2.12. The molecule has 1 rings (SSSR count). The van der Waals surface area contributed by atoms with E-state index in [0.717, 1.165) is 5.56 Å². The van der Waals surface area contributed by atoms with Crippen LogP contribution >= 0.6 is 23.4 Å². The lowest BCUT2D eigenvalue weighted by atomic mass is 10.2. The van der Waals surface area contributed by atoms with Gasteiger partial charge in [0.15, 0.2) is 0 Å². The van der Waals surface area contributed by atoms with Gasteiger partial charge in [-0.1, -0.05) is 11.6 Å². The third kappa shape index (κ3) is 5.94. The van der Waals surface area contributed by atoms with Crippen LogP contribution in [0, 0.1) is 0 Å². The van der Waals surface area contributed by atoms with Gasteiger partial charge < -0.3 is 10.4 Å². The highest BCUT2D eigenvalue weighted by Gasteiger charge is 2.17. The van der Waals surface area contributed by atoms with Crippen LogP contribution in [0.15, 0.2) is 18.5 Å². The number of rotatable bonds is 7. The smallest absolute Gasteiger partial charge is 0.326 e. The van der Waals surface area contributed by atoms with E-state index in [2.05, 4.69) is 10.3 Å². The van der Waals surface area contributed by atoms with E-state index in [1.54, 1.807) is 24.2 Å². The van der Waals surface area contributed by atoms with E-state index in [4.69, 9.17) is 16.7 Å². The van der Waals surface area contributed by atoms with E-state index < -0.39 is 12.0 Å². The van der Waals surface area contributed by atoms with Gasteiger partial charge in [0.1, 0.15) is 6.04 Å². The molecule has 0 aliphatic rings. The Labute approximate surface area is 120 Å². The van der Waals surface area contributed by atoms with Gasteiger partial charge in [-0.25, -0.2) is 4.79 Å². The number of nitrogens with zero attached hydrogens (tertiary/aromatic N) is 1. The number of carbonyl (C=O) groups is 2. The van der Waals surface area contributed by atoms with Crippen molar-refractivity contribution in [3.05, 3.63) is 29.0 Å². The van der Waals surface area contributed by atoms with Crippen LogP contribution in [0.4, 0.5) is 0 Å². The largest absolute Gasteiger partial charge is 0.480 e. The van der Waals surface area contributed by atoms with Gasteiger partial charge >= 0.3 is 5.97 Å². The van der Waals surface area contributed by atoms with E-state index in [9.17, 15) is 9.59 Å². The molecule has 2 N–H and O–H groups in total. The Morgan fingerprint density at radius 1 is 1.58 bits per heavy atom. The van der Waals surface area contributed by atoms with Gasteiger partial charge in [0.05, 0.1) is 5.02 Å². The van der Waals surface area contributed by atoms with Crippen LogP contribution < -0.4 is 5.32 Å². The Balaban J connectivity index is 2.35. The van der Waals surface area contributed by atoms with E-state index in [1.165, 1.54) is 6.92 Å². The fourth-order valence-corrected chi connectivity index (χ4v) is 2.69. The highest BCUT2D eigenvalue weighted by Crippen LogP contribution is 2.20. The van der Waals surface area contributed by atoms with Crippen molar-refractivity contribution in [2.75, 3.05) is 5.75 Å². The number of amides is 1. The first-order chi connectivity index (χ1) is 9.00. The zero-order valence-corrected chi connectivity index (χ0v) is 12.0. The number of nitrogens with one attached hydrogen (secondary N) is 1. The maximum Gasteiger partial charge on any atom is 0.326 e. The van der Waals surface area contributed by atoms with Crippen LogP contribution in [0.3, 0.4) is 0 Å². The Hall–Kier alpha value is -1.27. The molecular weight excluding hydrogens is 288 g/mol. The molecule has 1 aromatic rings. The minimum Gasteiger partial charge on any atom is -0.480 e. The van der Waals surface area contributed by atoms with Gasteiger partial charge in [-0.15, -0.1) is 0 Å². The minimum atomic E-state index is -1.02. The number of carbonyl (C=O) groups excluding carboxylic acids is 1. The Morgan fingerprint density at radius 2 is 2.32 bits per heavy atom. The van der Waals surface area contributed by atoms with Gasteiger partial charge in [-0.05, 0) is 23.8 Å². The maximum absolute atomic E-state index is 10.9. The standard InChI is InChI=1S/C12H15ClN2O3S/c1-8(16)15-11(12(17)18)3-5-19-7-9-2-4-14-6-10(9)13/h2,4,6,11H,3,5,7H2,1H3,(H,15,16)(H,17,18). The molecular formula is C12H15ClN2O3S. The first-order valence-electron chi connectivity index (χ1n) is 5.66. The van der Waals surface area contributed by atoms with Crippen molar-refractivity contribution >= 4 is 35.2 Å². The number of aliphatic carboxylic acids is 1. The molecule has 0 spiro atoms. The number of hydrogen-bond acceptors (Lipinski definition) is 4. The molecule has 0 bridgehead atoms. The second-order valence-corrected chi connectivity index (χ2v) is 5.41. The highest BCUT2D eigenvalue weighted by atomic mass is 35.5. The fraction of sp³-hybridized carbons (Fsp3) is 0.417. The van der Waals surface area contributed by atoms with Crippen molar-refractivity contribution in [3.8, 4) is 0 Å². The lowest BCUT2D eigenvalue weighted by molar-refractivity contribution is -0.141. The molecule has 0 saturated heterocycles. The Bertz CT molecular complexity index is 456. The zero-order valence-electron chi connectivity index (χ0n) is 10.4. The summed E-state index contributed by atoms with van der Waals surface area (Å²) in [4.78, 5) is 25.6. The fourth-order valence-electron chi connectivity index (χ4n) is 1.41. The maximum atomic E-state index is 10.9. The van der Waals surface area contributed by atoms with E-state index in [0.29, 0.717) is 22.9 Å². The van der Waals surface area contributed by atoms with Gasteiger partial charge in [-0.2, -0.15) is 11.8 Å². The van der Waals surface area contributed by atoms with Crippen molar-refractivity contribution in [2.24, 2.45) is 0 Å². The van der Waals surface area contributed by atoms with Gasteiger partial charge in [0, 0.05) is 25.1 Å². The SMILES string of the molecule is CC(=O)NC(CCSCc1ccncc1Cl)C(=O)O. The molecule has 0 saturated carbocycles. The van der Waals surface area contributed by atoms with E-state index in [1.807, 2.05) is 6.07 Å². The third-order valence-electron chi connectivity index (χ3n) is 2.34. The van der Waals surface area contributed by atoms with Crippen LogP contribution in [-0.2, 0) is 15.3 Å². The summed E-state index contributed by atoms with van der Waals surface area (Å²) in [7, 11) is 0. The van der Waals surface area contributed by atoms with Crippen LogP contribution in [0.25, 0.3) is 0 Å². The van der Waals surface area contributed by atoms with Crippen LogP contribution in [0.2, 0.25) is 5.02 Å². The molecule has 0 fully saturated rings. The number of aromatic nitrogens is 1. The lowest BCUT2D eigenvalue weighted by Crippen LogP contribution is -2.39. The van der Waals surface area contributed by atoms with Crippen molar-refractivity contribution in [2.45, 2.75) is 25.1 Å². The molecule has 0 radical (unpaired) electrons. The van der Waals surface area contributed by atoms with Crippen molar-refractivity contribution in [3.63, 3.8) is 0 Å². The summed E-state index contributed by atoms with van der Waals surface area (Å²) in [6.45, 7) is 1.31. The monoisotopic (exact) mass is 302 g/mol. The molecule has 19 heavy (non-hydrogen) atoms. The summed E-state index contributed by atoms with van der Waals surface area (Å²) in [5.74, 6) is -0.0451. The van der Waals surface area contributed by atoms with Crippen molar-refractivity contribution in [1.82, 2.24) is 10.3 Å². The molecule has 1 amide bonds. The Kier molecular flexibility index (Phi) is 6.66. The van der Waals surface area contributed by atoms with Gasteiger partial charge in [0.2, 0.25) is 5.91 Å². The number of carboxylic acids is 1. The third-order valence-corrected chi connectivity index (χ3v) is 3.72. The molecule has 1 atom stereocenters. The summed E-state index contributed by atoms with van der Waals surface area (Å²) in [6.07, 6.45) is 3.62. The molecule has 0 aromatic carbocycles. The molecule has 0 aliphatic heterocycles. The summed E-state index contributed by atoms with van der Waals surface area (Å²) in [5.41, 5.74) is 0.966. The second-order valence-electron chi connectivity index (χ2n) is 3.90. The molecule has 1 unspecified atom stereocenters. The van der Waals surface area contributed by atoms with Crippen LogP contribution in [-0.4, -0.2) is 33.8 Å². The Morgan fingerprint density at radius 3 is 2.89 bits per heavy atom. The van der Waals surface area contributed by atoms with E-state index in [-0.39, 0.29) is 5.91 Å². The minimum absolute atomic E-state index is 0.338. The van der Waals surface area contributed by atoms with Crippen LogP contribution in [0.1, 0.15) is 18.9 Å². The molecule has 0 aliphatic carbocycles. The number of pyridine rings is 1. The number of hydrogen-bond donors (Lipinski definition) is 2. The summed E-state index contributed by atoms with van der Waals surface area (Å²) < 4.78 is 0. The predicted molar refractivity (Wildman–Crippen MR) is 75.3 cm³/mol. The van der Waals surface area contributed by atoms with Gasteiger partial charge in [0.25, 0.3) is 0 Å².